The van der Waals surface area contributed by atoms with Crippen molar-refractivity contribution in [2.24, 2.45) is 5.73 Å². The van der Waals surface area contributed by atoms with Gasteiger partial charge in [0.1, 0.15) is 4.99 Å². The van der Waals surface area contributed by atoms with Crippen LogP contribution in [0.1, 0.15) is 30.4 Å². The Bertz CT molecular complexity index is 444. The Morgan fingerprint density at radius 3 is 2.58 bits per heavy atom. The number of hydrogen-bond acceptors (Lipinski definition) is 2. The summed E-state index contributed by atoms with van der Waals surface area (Å²) >= 11 is 4.95. The fraction of sp³-hybridized carbons (Fsp3) is 0.462. The molecule has 0 aliphatic rings. The Hall–Kier alpha value is -1.30. The van der Waals surface area contributed by atoms with Crippen molar-refractivity contribution in [2.45, 2.75) is 32.4 Å². The molecule has 0 unspecified atom stereocenters. The van der Waals surface area contributed by atoms with Crippen molar-refractivity contribution in [2.75, 3.05) is 11.9 Å². The van der Waals surface area contributed by atoms with E-state index in [0.29, 0.717) is 13.0 Å². The first-order chi connectivity index (χ1) is 8.81. The molecule has 0 bridgehead atoms. The summed E-state index contributed by atoms with van der Waals surface area (Å²) in [6.07, 6.45) is -4.26. The smallest absolute Gasteiger partial charge is 0.389 e. The van der Waals surface area contributed by atoms with Gasteiger partial charge in [-0.15, -0.1) is 0 Å². The number of unbranched alkanes of at least 4 members (excludes halogenated alkanes) is 1. The van der Waals surface area contributed by atoms with E-state index in [1.807, 2.05) is 19.1 Å². The van der Waals surface area contributed by atoms with Gasteiger partial charge < -0.3 is 11.1 Å². The van der Waals surface area contributed by atoms with Crippen LogP contribution in [-0.2, 0) is 0 Å². The van der Waals surface area contributed by atoms with Gasteiger partial charge in [0.2, 0.25) is 0 Å². The lowest BCUT2D eigenvalue weighted by molar-refractivity contribution is -0.135. The second-order valence-corrected chi connectivity index (χ2v) is 4.80. The Kier molecular flexibility index (Phi) is 5.60. The average molecular weight is 290 g/mol. The van der Waals surface area contributed by atoms with Gasteiger partial charge in [-0.1, -0.05) is 24.4 Å². The highest BCUT2D eigenvalue weighted by Crippen LogP contribution is 2.23. The monoisotopic (exact) mass is 290 g/mol. The lowest BCUT2D eigenvalue weighted by atomic mass is 10.1. The minimum Gasteiger partial charge on any atom is -0.389 e. The van der Waals surface area contributed by atoms with E-state index in [2.05, 4.69) is 5.32 Å². The summed E-state index contributed by atoms with van der Waals surface area (Å²) in [5, 5.41) is 3.11. The van der Waals surface area contributed by atoms with Gasteiger partial charge in [0, 0.05) is 24.2 Å². The van der Waals surface area contributed by atoms with Crippen LogP contribution < -0.4 is 11.1 Å². The number of para-hydroxylation sites is 1. The van der Waals surface area contributed by atoms with Gasteiger partial charge in [-0.2, -0.15) is 13.2 Å². The standard InChI is InChI=1S/C13H17F3N2S/c1-9-5-4-6-10(12(17)19)11(9)18-8-3-2-7-13(14,15)16/h4-6,18H,2-3,7-8H2,1H3,(H2,17,19). The minimum absolute atomic E-state index is 0.116. The molecule has 0 saturated carbocycles. The Morgan fingerprint density at radius 2 is 2.00 bits per heavy atom. The fourth-order valence-electron chi connectivity index (χ4n) is 1.77. The molecule has 0 saturated heterocycles. The van der Waals surface area contributed by atoms with Gasteiger partial charge in [-0.25, -0.2) is 0 Å². The molecule has 106 valence electrons. The maximum absolute atomic E-state index is 12.0. The molecular weight excluding hydrogens is 273 g/mol. The molecule has 3 N–H and O–H groups in total. The number of halogens is 3. The van der Waals surface area contributed by atoms with E-state index < -0.39 is 12.6 Å². The molecule has 2 nitrogen and oxygen atoms in total. The number of nitrogens with two attached hydrogens (primary N) is 1. The summed E-state index contributed by atoms with van der Waals surface area (Å²) < 4.78 is 36.0. The second kappa shape index (κ2) is 6.75. The van der Waals surface area contributed by atoms with Crippen LogP contribution in [0.5, 0.6) is 0 Å². The quantitative estimate of drug-likeness (QED) is 0.618. The van der Waals surface area contributed by atoms with Crippen molar-refractivity contribution >= 4 is 22.9 Å². The van der Waals surface area contributed by atoms with Crippen molar-refractivity contribution < 1.29 is 13.2 Å². The van der Waals surface area contributed by atoms with E-state index >= 15 is 0 Å². The second-order valence-electron chi connectivity index (χ2n) is 4.36. The SMILES string of the molecule is Cc1cccc(C(N)=S)c1NCCCCC(F)(F)F. The molecule has 0 heterocycles. The zero-order valence-electron chi connectivity index (χ0n) is 10.7. The van der Waals surface area contributed by atoms with E-state index in [1.165, 1.54) is 0 Å². The third-order valence-electron chi connectivity index (χ3n) is 2.73. The van der Waals surface area contributed by atoms with E-state index in [-0.39, 0.29) is 11.4 Å². The number of alkyl halides is 3. The van der Waals surface area contributed by atoms with Crippen LogP contribution >= 0.6 is 12.2 Å². The number of thiocarbonyl (C=S) groups is 1. The van der Waals surface area contributed by atoms with Crippen molar-refractivity contribution in [3.8, 4) is 0 Å². The molecule has 0 amide bonds. The summed E-state index contributed by atoms with van der Waals surface area (Å²) in [6.45, 7) is 2.37. The van der Waals surface area contributed by atoms with Crippen LogP contribution in [0.3, 0.4) is 0 Å². The van der Waals surface area contributed by atoms with E-state index in [0.717, 1.165) is 16.8 Å². The summed E-state index contributed by atoms with van der Waals surface area (Å²) in [4.78, 5) is 0.279. The number of benzene rings is 1. The molecule has 0 aromatic heterocycles. The Morgan fingerprint density at radius 1 is 1.32 bits per heavy atom. The van der Waals surface area contributed by atoms with Crippen LogP contribution in [0.15, 0.2) is 18.2 Å². The third kappa shape index (κ3) is 5.46. The molecule has 6 heteroatoms. The van der Waals surface area contributed by atoms with Crippen molar-refractivity contribution in [1.82, 2.24) is 0 Å². The molecule has 0 aliphatic heterocycles. The molecule has 0 fully saturated rings. The highest BCUT2D eigenvalue weighted by atomic mass is 32.1. The van der Waals surface area contributed by atoms with Crippen LogP contribution in [0.25, 0.3) is 0 Å². The Labute approximate surface area is 116 Å². The average Bonchev–Trinajstić information content (AvgIpc) is 2.28. The number of rotatable bonds is 6. The molecule has 19 heavy (non-hydrogen) atoms. The minimum atomic E-state index is -4.08. The van der Waals surface area contributed by atoms with Crippen molar-refractivity contribution in [1.29, 1.82) is 0 Å². The highest BCUT2D eigenvalue weighted by Gasteiger charge is 2.25. The first-order valence-corrected chi connectivity index (χ1v) is 6.42. The van der Waals surface area contributed by atoms with Crippen LogP contribution in [-0.4, -0.2) is 17.7 Å². The van der Waals surface area contributed by atoms with Crippen LogP contribution in [0.4, 0.5) is 18.9 Å². The molecule has 1 aromatic carbocycles. The summed E-state index contributed by atoms with van der Waals surface area (Å²) in [5.41, 5.74) is 8.12. The van der Waals surface area contributed by atoms with E-state index in [1.54, 1.807) is 6.07 Å². The number of nitrogens with one attached hydrogen (secondary N) is 1. The maximum atomic E-state index is 12.0. The van der Waals surface area contributed by atoms with Crippen LogP contribution in [0.2, 0.25) is 0 Å². The number of anilines is 1. The van der Waals surface area contributed by atoms with Crippen LogP contribution in [0, 0.1) is 6.92 Å². The molecule has 0 atom stereocenters. The first-order valence-electron chi connectivity index (χ1n) is 6.01. The molecule has 0 spiro atoms. The molecule has 0 aliphatic carbocycles. The van der Waals surface area contributed by atoms with Gasteiger partial charge in [-0.05, 0) is 31.4 Å². The van der Waals surface area contributed by atoms with Gasteiger partial charge in [0.15, 0.2) is 0 Å². The largest absolute Gasteiger partial charge is 0.389 e. The first kappa shape index (κ1) is 15.8. The van der Waals surface area contributed by atoms with E-state index in [4.69, 9.17) is 18.0 Å². The Balaban J connectivity index is 2.52. The summed E-state index contributed by atoms with van der Waals surface area (Å²) in [7, 11) is 0. The predicted octanol–water partition coefficient (Wildman–Crippen LogP) is 3.77. The highest BCUT2D eigenvalue weighted by molar-refractivity contribution is 7.80. The lowest BCUT2D eigenvalue weighted by Crippen LogP contribution is -2.15. The summed E-state index contributed by atoms with van der Waals surface area (Å²) in [5.74, 6) is 0. The van der Waals surface area contributed by atoms with Gasteiger partial charge in [-0.3, -0.25) is 0 Å². The fourth-order valence-corrected chi connectivity index (χ4v) is 1.94. The molecule has 1 rings (SSSR count). The molecular formula is C13H17F3N2S. The topological polar surface area (TPSA) is 38.0 Å². The van der Waals surface area contributed by atoms with Gasteiger partial charge in [0.25, 0.3) is 0 Å². The lowest BCUT2D eigenvalue weighted by Gasteiger charge is -2.14. The third-order valence-corrected chi connectivity index (χ3v) is 2.95. The van der Waals surface area contributed by atoms with Gasteiger partial charge >= 0.3 is 6.18 Å². The van der Waals surface area contributed by atoms with Crippen molar-refractivity contribution in [3.63, 3.8) is 0 Å². The molecule has 1 aromatic rings. The van der Waals surface area contributed by atoms with Crippen molar-refractivity contribution in [3.05, 3.63) is 29.3 Å². The zero-order chi connectivity index (χ0) is 14.5. The van der Waals surface area contributed by atoms with E-state index in [9.17, 15) is 13.2 Å². The normalized spacial score (nSPS) is 11.4. The zero-order valence-corrected chi connectivity index (χ0v) is 11.5. The maximum Gasteiger partial charge on any atom is 0.389 e. The summed E-state index contributed by atoms with van der Waals surface area (Å²) in [6, 6.07) is 5.55. The molecule has 0 radical (unpaired) electrons. The predicted molar refractivity (Wildman–Crippen MR) is 75.5 cm³/mol. The number of hydrogen-bond donors (Lipinski definition) is 2. The van der Waals surface area contributed by atoms with Gasteiger partial charge in [0.05, 0.1) is 0 Å². The number of aryl methyl sites for hydroxylation is 1.